The van der Waals surface area contributed by atoms with Crippen molar-refractivity contribution in [2.45, 2.75) is 26.7 Å². The fraction of sp³-hybridized carbons (Fsp3) is 0.294. The van der Waals surface area contributed by atoms with Crippen LogP contribution >= 0.6 is 11.6 Å². The van der Waals surface area contributed by atoms with Crippen molar-refractivity contribution in [3.63, 3.8) is 0 Å². The highest BCUT2D eigenvalue weighted by atomic mass is 35.5. The van der Waals surface area contributed by atoms with Gasteiger partial charge in [-0.1, -0.05) is 17.7 Å². The number of nitrogens with one attached hydrogen (secondary N) is 2. The number of benzene rings is 1. The Morgan fingerprint density at radius 3 is 2.88 bits per heavy atom. The molecular weight excluding hydrogens is 358 g/mol. The van der Waals surface area contributed by atoms with Gasteiger partial charge in [-0.3, -0.25) is 14.6 Å². The number of hydrogen-bond acceptors (Lipinski definition) is 5. The number of carbonyl (C=O) groups excluding carboxylic acids is 1. The van der Waals surface area contributed by atoms with Crippen LogP contribution in [0.5, 0.6) is 0 Å². The molecule has 0 amide bonds. The monoisotopic (exact) mass is 377 g/mol. The first-order chi connectivity index (χ1) is 12.4. The molecule has 0 aliphatic carbocycles. The number of esters is 1. The summed E-state index contributed by atoms with van der Waals surface area (Å²) >= 11 is 5.91. The van der Waals surface area contributed by atoms with Crippen LogP contribution < -0.4 is 16.6 Å². The third-order valence-corrected chi connectivity index (χ3v) is 3.65. The summed E-state index contributed by atoms with van der Waals surface area (Å²) < 4.78 is 4.86. The van der Waals surface area contributed by atoms with Gasteiger partial charge in [-0.25, -0.2) is 4.98 Å². The first kappa shape index (κ1) is 19.5. The number of halogens is 1. The van der Waals surface area contributed by atoms with Crippen molar-refractivity contribution in [2.24, 2.45) is 10.7 Å². The molecule has 0 aliphatic heterocycles. The summed E-state index contributed by atoms with van der Waals surface area (Å²) in [5, 5.41) is 3.41. The highest BCUT2D eigenvalue weighted by molar-refractivity contribution is 6.30. The SMILES string of the molecule is CCOC(=O)CCc1c(C)nc(/N=C(\N)Nc2cccc(Cl)c2)[nH]c1=O. The number of anilines is 1. The molecule has 0 aliphatic rings. The van der Waals surface area contributed by atoms with Gasteiger partial charge in [0.25, 0.3) is 5.56 Å². The lowest BCUT2D eigenvalue weighted by atomic mass is 10.1. The van der Waals surface area contributed by atoms with E-state index in [1.165, 1.54) is 0 Å². The summed E-state index contributed by atoms with van der Waals surface area (Å²) in [6.45, 7) is 3.71. The van der Waals surface area contributed by atoms with Crippen molar-refractivity contribution in [2.75, 3.05) is 11.9 Å². The Kier molecular flexibility index (Phi) is 6.74. The molecule has 0 saturated carbocycles. The Labute approximate surface area is 155 Å². The Balaban J connectivity index is 2.13. The van der Waals surface area contributed by atoms with Gasteiger partial charge >= 0.3 is 5.97 Å². The van der Waals surface area contributed by atoms with Crippen molar-refractivity contribution in [1.82, 2.24) is 9.97 Å². The molecule has 4 N–H and O–H groups in total. The Morgan fingerprint density at radius 1 is 1.46 bits per heavy atom. The lowest BCUT2D eigenvalue weighted by Crippen LogP contribution is -2.23. The number of aryl methyl sites for hydroxylation is 1. The highest BCUT2D eigenvalue weighted by Crippen LogP contribution is 2.15. The van der Waals surface area contributed by atoms with E-state index in [1.807, 2.05) is 0 Å². The van der Waals surface area contributed by atoms with E-state index >= 15 is 0 Å². The average Bonchev–Trinajstić information content (AvgIpc) is 2.54. The van der Waals surface area contributed by atoms with Gasteiger partial charge < -0.3 is 15.8 Å². The number of aromatic amines is 1. The number of H-pyrrole nitrogens is 1. The van der Waals surface area contributed by atoms with E-state index in [9.17, 15) is 9.59 Å². The minimum Gasteiger partial charge on any atom is -0.466 e. The maximum Gasteiger partial charge on any atom is 0.306 e. The van der Waals surface area contributed by atoms with Gasteiger partial charge in [0.15, 0.2) is 0 Å². The van der Waals surface area contributed by atoms with Crippen LogP contribution in [0.15, 0.2) is 34.1 Å². The molecule has 26 heavy (non-hydrogen) atoms. The molecule has 9 heteroatoms. The molecule has 0 saturated heterocycles. The number of nitrogens with zero attached hydrogens (tertiary/aromatic N) is 2. The molecule has 8 nitrogen and oxygen atoms in total. The van der Waals surface area contributed by atoms with Crippen LogP contribution in [-0.4, -0.2) is 28.5 Å². The van der Waals surface area contributed by atoms with Gasteiger partial charge in [0.05, 0.1) is 12.3 Å². The first-order valence-corrected chi connectivity index (χ1v) is 8.39. The van der Waals surface area contributed by atoms with E-state index in [1.54, 1.807) is 38.1 Å². The van der Waals surface area contributed by atoms with E-state index in [0.29, 0.717) is 28.6 Å². The second-order valence-corrected chi connectivity index (χ2v) is 5.83. The second-order valence-electron chi connectivity index (χ2n) is 5.39. The third-order valence-electron chi connectivity index (χ3n) is 3.42. The minimum absolute atomic E-state index is 0.0501. The third kappa shape index (κ3) is 5.59. The smallest absolute Gasteiger partial charge is 0.306 e. The zero-order valence-corrected chi connectivity index (χ0v) is 15.3. The number of hydrogen-bond donors (Lipinski definition) is 3. The quantitative estimate of drug-likeness (QED) is 0.403. The number of ether oxygens (including phenoxy) is 1. The van der Waals surface area contributed by atoms with Crippen LogP contribution in [0, 0.1) is 6.92 Å². The number of nitrogens with two attached hydrogens (primary N) is 1. The van der Waals surface area contributed by atoms with Crippen LogP contribution in [-0.2, 0) is 16.0 Å². The van der Waals surface area contributed by atoms with Crippen molar-refractivity contribution < 1.29 is 9.53 Å². The van der Waals surface area contributed by atoms with E-state index in [-0.39, 0.29) is 36.3 Å². The molecule has 1 aromatic carbocycles. The van der Waals surface area contributed by atoms with E-state index in [2.05, 4.69) is 20.3 Å². The highest BCUT2D eigenvalue weighted by Gasteiger charge is 2.11. The van der Waals surface area contributed by atoms with Gasteiger partial charge in [0, 0.05) is 22.7 Å². The maximum atomic E-state index is 12.2. The molecule has 1 aromatic heterocycles. The van der Waals surface area contributed by atoms with Gasteiger partial charge in [-0.2, -0.15) is 4.99 Å². The molecule has 0 atom stereocenters. The predicted molar refractivity (Wildman–Crippen MR) is 101 cm³/mol. The molecular formula is C17H20ClN5O3. The van der Waals surface area contributed by atoms with Crippen molar-refractivity contribution in [3.8, 4) is 0 Å². The van der Waals surface area contributed by atoms with Crippen molar-refractivity contribution in [1.29, 1.82) is 0 Å². The minimum atomic E-state index is -0.365. The summed E-state index contributed by atoms with van der Waals surface area (Å²) in [5.74, 6) is -0.239. The molecule has 2 rings (SSSR count). The maximum absolute atomic E-state index is 12.2. The van der Waals surface area contributed by atoms with Crippen LogP contribution in [0.2, 0.25) is 5.02 Å². The molecule has 0 spiro atoms. The number of aliphatic imine (C=N–C) groups is 1. The fourth-order valence-electron chi connectivity index (χ4n) is 2.26. The molecule has 0 fully saturated rings. The summed E-state index contributed by atoms with van der Waals surface area (Å²) in [4.78, 5) is 34.5. The normalized spacial score (nSPS) is 11.3. The van der Waals surface area contributed by atoms with Gasteiger partial charge in [-0.05, 0) is 38.5 Å². The molecule has 1 heterocycles. The van der Waals surface area contributed by atoms with Crippen LogP contribution in [0.4, 0.5) is 11.6 Å². The van der Waals surface area contributed by atoms with Crippen LogP contribution in [0.1, 0.15) is 24.6 Å². The summed E-state index contributed by atoms with van der Waals surface area (Å²) in [6.07, 6.45) is 0.355. The first-order valence-electron chi connectivity index (χ1n) is 8.01. The lowest BCUT2D eigenvalue weighted by molar-refractivity contribution is -0.143. The molecule has 2 aromatic rings. The predicted octanol–water partition coefficient (Wildman–Crippen LogP) is 2.29. The lowest BCUT2D eigenvalue weighted by Gasteiger charge is -2.07. The van der Waals surface area contributed by atoms with Gasteiger partial charge in [-0.15, -0.1) is 0 Å². The zero-order valence-electron chi connectivity index (χ0n) is 14.5. The van der Waals surface area contributed by atoms with Crippen LogP contribution in [0.25, 0.3) is 0 Å². The number of rotatable bonds is 6. The molecule has 0 bridgehead atoms. The Bertz CT molecular complexity index is 879. The Hall–Kier alpha value is -2.87. The summed E-state index contributed by atoms with van der Waals surface area (Å²) in [7, 11) is 0. The molecule has 138 valence electrons. The standard InChI is InChI=1S/C17H20ClN5O3/c1-3-26-14(24)8-7-13-10(2)20-17(22-15(13)25)23-16(19)21-12-6-4-5-11(18)9-12/h4-6,9H,3,7-8H2,1-2H3,(H4,19,20,21,22,23,25). The fourth-order valence-corrected chi connectivity index (χ4v) is 2.45. The Morgan fingerprint density at radius 2 is 2.23 bits per heavy atom. The number of aromatic nitrogens is 2. The molecule has 0 unspecified atom stereocenters. The summed E-state index contributed by atoms with van der Waals surface area (Å²) in [6, 6.07) is 6.95. The van der Waals surface area contributed by atoms with Gasteiger partial charge in [0.1, 0.15) is 0 Å². The summed E-state index contributed by atoms with van der Waals surface area (Å²) in [5.41, 5.74) is 7.02. The zero-order chi connectivity index (χ0) is 19.1. The molecule has 0 radical (unpaired) electrons. The van der Waals surface area contributed by atoms with Crippen molar-refractivity contribution >= 4 is 35.2 Å². The second kappa shape index (κ2) is 9.00. The van der Waals surface area contributed by atoms with E-state index < -0.39 is 0 Å². The van der Waals surface area contributed by atoms with E-state index in [0.717, 1.165) is 0 Å². The number of carbonyl (C=O) groups is 1. The van der Waals surface area contributed by atoms with Crippen molar-refractivity contribution in [3.05, 3.63) is 50.9 Å². The largest absolute Gasteiger partial charge is 0.466 e. The van der Waals surface area contributed by atoms with E-state index in [4.69, 9.17) is 22.1 Å². The topological polar surface area (TPSA) is 122 Å². The van der Waals surface area contributed by atoms with Crippen LogP contribution in [0.3, 0.4) is 0 Å². The average molecular weight is 378 g/mol. The van der Waals surface area contributed by atoms with Gasteiger partial charge in [0.2, 0.25) is 11.9 Å². The number of guanidine groups is 1.